The fraction of sp³-hybridized carbons (Fsp3) is 0.500. The summed E-state index contributed by atoms with van der Waals surface area (Å²) in [6.45, 7) is 10.8. The Morgan fingerprint density at radius 2 is 1.74 bits per heavy atom. The Kier molecular flexibility index (Phi) is 3.45. The molecule has 1 unspecified atom stereocenters. The number of anilines is 2. The van der Waals surface area contributed by atoms with Crippen molar-refractivity contribution in [2.75, 3.05) is 10.6 Å². The molecule has 1 aliphatic heterocycles. The molecule has 1 heterocycles. The van der Waals surface area contributed by atoms with Crippen molar-refractivity contribution in [1.82, 2.24) is 0 Å². The molecule has 0 saturated carbocycles. The number of hydrogen-bond acceptors (Lipinski definition) is 3. The van der Waals surface area contributed by atoms with Crippen molar-refractivity contribution in [2.24, 2.45) is 0 Å². The summed E-state index contributed by atoms with van der Waals surface area (Å²) in [6, 6.07) is 7.65. The Balaban J connectivity index is 2.18. The standard InChI is InChI=1S/C14H22N2O2Si/c1-14(2,3)19(4,5)18-13-12(17)15-10-8-6-7-9-11(10)16-13/h6-9,13,16H,1-5H3,(H,15,17). The maximum atomic E-state index is 12.1. The van der Waals surface area contributed by atoms with Crippen LogP contribution in [0.15, 0.2) is 24.3 Å². The zero-order valence-corrected chi connectivity index (χ0v) is 13.2. The van der Waals surface area contributed by atoms with Gasteiger partial charge < -0.3 is 15.1 Å². The summed E-state index contributed by atoms with van der Waals surface area (Å²) < 4.78 is 6.13. The summed E-state index contributed by atoms with van der Waals surface area (Å²) >= 11 is 0. The first-order chi connectivity index (χ1) is 8.71. The van der Waals surface area contributed by atoms with E-state index in [1.807, 2.05) is 24.3 Å². The number of hydrogen-bond donors (Lipinski definition) is 2. The number of fused-ring (bicyclic) bond motifs is 1. The summed E-state index contributed by atoms with van der Waals surface area (Å²) in [5, 5.41) is 6.13. The van der Waals surface area contributed by atoms with Crippen LogP contribution in [0.3, 0.4) is 0 Å². The van der Waals surface area contributed by atoms with Gasteiger partial charge in [0.15, 0.2) is 14.5 Å². The number of amides is 1. The number of para-hydroxylation sites is 2. The predicted octanol–water partition coefficient (Wildman–Crippen LogP) is 3.40. The molecule has 0 aromatic heterocycles. The summed E-state index contributed by atoms with van der Waals surface area (Å²) in [5.41, 5.74) is 1.72. The third-order valence-corrected chi connectivity index (χ3v) is 8.37. The van der Waals surface area contributed by atoms with Crippen molar-refractivity contribution in [3.63, 3.8) is 0 Å². The summed E-state index contributed by atoms with van der Waals surface area (Å²) in [6.07, 6.45) is -0.601. The molecule has 0 bridgehead atoms. The summed E-state index contributed by atoms with van der Waals surface area (Å²) in [7, 11) is -1.98. The van der Waals surface area contributed by atoms with Gasteiger partial charge in [0.25, 0.3) is 5.91 Å². The van der Waals surface area contributed by atoms with E-state index in [0.29, 0.717) is 0 Å². The highest BCUT2D eigenvalue weighted by Gasteiger charge is 2.41. The first-order valence-corrected chi connectivity index (χ1v) is 9.46. The quantitative estimate of drug-likeness (QED) is 0.815. The van der Waals surface area contributed by atoms with Crippen molar-refractivity contribution >= 4 is 25.6 Å². The van der Waals surface area contributed by atoms with Crippen molar-refractivity contribution in [3.05, 3.63) is 24.3 Å². The number of rotatable bonds is 2. The van der Waals surface area contributed by atoms with Crippen LogP contribution in [0.25, 0.3) is 0 Å². The molecule has 0 aliphatic carbocycles. The van der Waals surface area contributed by atoms with Gasteiger partial charge in [0.05, 0.1) is 11.4 Å². The van der Waals surface area contributed by atoms with Gasteiger partial charge in [0, 0.05) is 0 Å². The van der Waals surface area contributed by atoms with Crippen molar-refractivity contribution in [3.8, 4) is 0 Å². The average Bonchev–Trinajstić information content (AvgIpc) is 2.28. The van der Waals surface area contributed by atoms with E-state index in [1.54, 1.807) is 0 Å². The largest absolute Gasteiger partial charge is 0.390 e. The number of carbonyl (C=O) groups excluding carboxylic acids is 1. The second-order valence-electron chi connectivity index (χ2n) is 6.44. The van der Waals surface area contributed by atoms with Crippen LogP contribution in [-0.4, -0.2) is 20.5 Å². The van der Waals surface area contributed by atoms with Crippen LogP contribution in [0.1, 0.15) is 20.8 Å². The SMILES string of the molecule is CC(C)(C)[Si](C)(C)OC1Nc2ccccc2NC1=O. The molecule has 0 fully saturated rings. The van der Waals surface area contributed by atoms with E-state index in [0.717, 1.165) is 11.4 Å². The second-order valence-corrected chi connectivity index (χ2v) is 11.2. The van der Waals surface area contributed by atoms with Gasteiger partial charge in [-0.3, -0.25) is 4.79 Å². The lowest BCUT2D eigenvalue weighted by molar-refractivity contribution is -0.122. The smallest absolute Gasteiger partial charge is 0.273 e. The van der Waals surface area contributed by atoms with Crippen LogP contribution in [-0.2, 0) is 9.22 Å². The predicted molar refractivity (Wildman–Crippen MR) is 80.8 cm³/mol. The van der Waals surface area contributed by atoms with Crippen molar-refractivity contribution in [2.45, 2.75) is 45.1 Å². The average molecular weight is 278 g/mol. The maximum absolute atomic E-state index is 12.1. The van der Waals surface area contributed by atoms with Crippen LogP contribution >= 0.6 is 0 Å². The van der Waals surface area contributed by atoms with E-state index in [2.05, 4.69) is 44.5 Å². The maximum Gasteiger partial charge on any atom is 0.273 e. The molecule has 2 N–H and O–H groups in total. The third kappa shape index (κ3) is 2.82. The van der Waals surface area contributed by atoms with E-state index in [1.165, 1.54) is 0 Å². The van der Waals surface area contributed by atoms with E-state index in [4.69, 9.17) is 4.43 Å². The minimum atomic E-state index is -1.98. The Hall–Kier alpha value is -1.33. The lowest BCUT2D eigenvalue weighted by Crippen LogP contribution is -2.51. The molecular weight excluding hydrogens is 256 g/mol. The van der Waals surface area contributed by atoms with E-state index in [-0.39, 0.29) is 10.9 Å². The van der Waals surface area contributed by atoms with Crippen LogP contribution in [0.2, 0.25) is 18.1 Å². The second kappa shape index (κ2) is 4.65. The Bertz CT molecular complexity index is 494. The van der Waals surface area contributed by atoms with Gasteiger partial charge in [-0.05, 0) is 30.3 Å². The monoisotopic (exact) mass is 278 g/mol. The molecule has 19 heavy (non-hydrogen) atoms. The first-order valence-electron chi connectivity index (χ1n) is 6.55. The molecule has 1 atom stereocenters. The lowest BCUT2D eigenvalue weighted by atomic mass is 10.2. The molecule has 5 heteroatoms. The summed E-state index contributed by atoms with van der Waals surface area (Å²) in [4.78, 5) is 12.1. The minimum Gasteiger partial charge on any atom is -0.390 e. The van der Waals surface area contributed by atoms with Crippen LogP contribution in [0.5, 0.6) is 0 Å². The Labute approximate surface area is 115 Å². The van der Waals surface area contributed by atoms with Gasteiger partial charge in [0.1, 0.15) is 0 Å². The van der Waals surface area contributed by atoms with Gasteiger partial charge in [-0.15, -0.1) is 0 Å². The first kappa shape index (κ1) is 14.1. The highest BCUT2D eigenvalue weighted by Crippen LogP contribution is 2.38. The fourth-order valence-electron chi connectivity index (χ4n) is 1.68. The van der Waals surface area contributed by atoms with Crippen molar-refractivity contribution < 1.29 is 9.22 Å². The van der Waals surface area contributed by atoms with E-state index < -0.39 is 14.5 Å². The molecule has 104 valence electrons. The third-order valence-electron chi connectivity index (χ3n) is 3.93. The van der Waals surface area contributed by atoms with Gasteiger partial charge in [-0.2, -0.15) is 0 Å². The topological polar surface area (TPSA) is 50.4 Å². The summed E-state index contributed by atoms with van der Waals surface area (Å²) in [5.74, 6) is -0.122. The van der Waals surface area contributed by atoms with Gasteiger partial charge in [0.2, 0.25) is 0 Å². The molecule has 1 aromatic carbocycles. The van der Waals surface area contributed by atoms with Gasteiger partial charge >= 0.3 is 0 Å². The lowest BCUT2D eigenvalue weighted by Gasteiger charge is -2.40. The van der Waals surface area contributed by atoms with Crippen LogP contribution < -0.4 is 10.6 Å². The van der Waals surface area contributed by atoms with Crippen LogP contribution in [0.4, 0.5) is 11.4 Å². The molecule has 1 aliphatic rings. The molecule has 4 nitrogen and oxygen atoms in total. The molecule has 0 saturated heterocycles. The zero-order valence-electron chi connectivity index (χ0n) is 12.2. The number of benzene rings is 1. The molecule has 0 spiro atoms. The molecule has 2 rings (SSSR count). The molecular formula is C14H22N2O2Si. The minimum absolute atomic E-state index is 0.0753. The fourth-order valence-corrected chi connectivity index (χ4v) is 2.79. The highest BCUT2D eigenvalue weighted by molar-refractivity contribution is 6.74. The zero-order chi connectivity index (χ0) is 14.3. The van der Waals surface area contributed by atoms with Gasteiger partial charge in [-0.1, -0.05) is 32.9 Å². The molecule has 0 radical (unpaired) electrons. The van der Waals surface area contributed by atoms with E-state index >= 15 is 0 Å². The molecule has 1 amide bonds. The highest BCUT2D eigenvalue weighted by atomic mass is 28.4. The Morgan fingerprint density at radius 1 is 1.16 bits per heavy atom. The number of nitrogens with one attached hydrogen (secondary N) is 2. The Morgan fingerprint density at radius 3 is 2.32 bits per heavy atom. The molecule has 1 aromatic rings. The van der Waals surface area contributed by atoms with Gasteiger partial charge in [-0.25, -0.2) is 0 Å². The van der Waals surface area contributed by atoms with Crippen LogP contribution in [0, 0.1) is 0 Å². The van der Waals surface area contributed by atoms with Crippen molar-refractivity contribution in [1.29, 1.82) is 0 Å². The number of carbonyl (C=O) groups is 1. The van der Waals surface area contributed by atoms with E-state index in [9.17, 15) is 4.79 Å². The normalized spacial score (nSPS) is 19.4.